The normalized spacial score (nSPS) is 14.9. The summed E-state index contributed by atoms with van der Waals surface area (Å²) in [5.74, 6) is 0.205. The van der Waals surface area contributed by atoms with E-state index in [1.54, 1.807) is 6.92 Å². The Morgan fingerprint density at radius 1 is 1.24 bits per heavy atom. The molecule has 2 unspecified atom stereocenters. The standard InChI is InChI=1S/C12H28N4O/c1-10(6-13-4)15-9-16(8-12(3)17)7-11(2)14-5/h10-11,13-15H,6-9H2,1-5H3. The molecule has 0 spiro atoms. The average molecular weight is 244 g/mol. The first-order chi connectivity index (χ1) is 7.99. The minimum absolute atomic E-state index is 0.205. The Morgan fingerprint density at radius 2 is 1.88 bits per heavy atom. The van der Waals surface area contributed by atoms with Crippen molar-refractivity contribution in [3.05, 3.63) is 0 Å². The minimum atomic E-state index is 0.205. The van der Waals surface area contributed by atoms with Crippen LogP contribution in [0.4, 0.5) is 0 Å². The van der Waals surface area contributed by atoms with Gasteiger partial charge in [-0.15, -0.1) is 0 Å². The molecular weight excluding hydrogens is 216 g/mol. The van der Waals surface area contributed by atoms with Crippen molar-refractivity contribution in [1.29, 1.82) is 0 Å². The van der Waals surface area contributed by atoms with Crippen molar-refractivity contribution in [2.45, 2.75) is 32.9 Å². The molecule has 5 nitrogen and oxygen atoms in total. The second kappa shape index (κ2) is 9.53. The first-order valence-electron chi connectivity index (χ1n) is 6.26. The van der Waals surface area contributed by atoms with Gasteiger partial charge in [-0.25, -0.2) is 0 Å². The highest BCUT2D eigenvalue weighted by molar-refractivity contribution is 5.77. The van der Waals surface area contributed by atoms with E-state index in [9.17, 15) is 4.79 Å². The SMILES string of the molecule is CNCC(C)NCN(CC(C)=O)CC(C)NC. The summed E-state index contributed by atoms with van der Waals surface area (Å²) in [5, 5.41) is 9.71. The summed E-state index contributed by atoms with van der Waals surface area (Å²) in [5.41, 5.74) is 0. The van der Waals surface area contributed by atoms with Gasteiger partial charge in [0.25, 0.3) is 0 Å². The van der Waals surface area contributed by atoms with Crippen LogP contribution in [0.15, 0.2) is 0 Å². The van der Waals surface area contributed by atoms with Crippen LogP contribution in [0.5, 0.6) is 0 Å². The Balaban J connectivity index is 4.04. The number of hydrogen-bond donors (Lipinski definition) is 3. The second-order valence-corrected chi connectivity index (χ2v) is 4.72. The highest BCUT2D eigenvalue weighted by Crippen LogP contribution is 1.92. The van der Waals surface area contributed by atoms with Gasteiger partial charge in [-0.05, 0) is 34.9 Å². The van der Waals surface area contributed by atoms with Crippen molar-refractivity contribution in [1.82, 2.24) is 20.9 Å². The van der Waals surface area contributed by atoms with Crippen molar-refractivity contribution >= 4 is 5.78 Å². The summed E-state index contributed by atoms with van der Waals surface area (Å²) in [6.07, 6.45) is 0. The van der Waals surface area contributed by atoms with Gasteiger partial charge in [0.1, 0.15) is 5.78 Å². The number of rotatable bonds is 10. The Labute approximate surface area is 105 Å². The van der Waals surface area contributed by atoms with Gasteiger partial charge in [-0.1, -0.05) is 0 Å². The third-order valence-electron chi connectivity index (χ3n) is 2.64. The highest BCUT2D eigenvalue weighted by atomic mass is 16.1. The molecule has 102 valence electrons. The molecule has 0 amide bonds. The van der Waals surface area contributed by atoms with Gasteiger partial charge in [0.05, 0.1) is 6.54 Å². The van der Waals surface area contributed by atoms with Gasteiger partial charge in [-0.3, -0.25) is 9.69 Å². The van der Waals surface area contributed by atoms with E-state index in [0.29, 0.717) is 18.6 Å². The van der Waals surface area contributed by atoms with Crippen LogP contribution < -0.4 is 16.0 Å². The molecule has 17 heavy (non-hydrogen) atoms. The predicted octanol–water partition coefficient (Wildman–Crippen LogP) is -0.360. The number of hydrogen-bond acceptors (Lipinski definition) is 5. The molecule has 0 saturated heterocycles. The number of nitrogens with one attached hydrogen (secondary N) is 3. The third kappa shape index (κ3) is 9.23. The molecule has 0 radical (unpaired) electrons. The van der Waals surface area contributed by atoms with E-state index in [4.69, 9.17) is 0 Å². The number of nitrogens with zero attached hydrogens (tertiary/aromatic N) is 1. The number of carbonyl (C=O) groups is 1. The summed E-state index contributed by atoms with van der Waals surface area (Å²) in [6.45, 7) is 8.92. The maximum Gasteiger partial charge on any atom is 0.143 e. The molecule has 0 rings (SSSR count). The summed E-state index contributed by atoms with van der Waals surface area (Å²) >= 11 is 0. The summed E-state index contributed by atoms with van der Waals surface area (Å²) in [6, 6.07) is 0.787. The van der Waals surface area contributed by atoms with E-state index in [1.807, 2.05) is 14.1 Å². The van der Waals surface area contributed by atoms with Crippen LogP contribution in [0.25, 0.3) is 0 Å². The van der Waals surface area contributed by atoms with Crippen LogP contribution in [-0.4, -0.2) is 63.2 Å². The first-order valence-corrected chi connectivity index (χ1v) is 6.26. The topological polar surface area (TPSA) is 56.4 Å². The lowest BCUT2D eigenvalue weighted by Gasteiger charge is -2.26. The molecule has 0 aliphatic heterocycles. The highest BCUT2D eigenvalue weighted by Gasteiger charge is 2.11. The molecule has 0 aliphatic rings. The van der Waals surface area contributed by atoms with Crippen molar-refractivity contribution in [2.24, 2.45) is 0 Å². The van der Waals surface area contributed by atoms with Crippen LogP contribution in [0.3, 0.4) is 0 Å². The van der Waals surface area contributed by atoms with E-state index in [-0.39, 0.29) is 5.78 Å². The summed E-state index contributed by atoms with van der Waals surface area (Å²) in [4.78, 5) is 13.3. The third-order valence-corrected chi connectivity index (χ3v) is 2.64. The Bertz CT molecular complexity index is 211. The molecule has 0 aromatic rings. The molecule has 3 N–H and O–H groups in total. The zero-order chi connectivity index (χ0) is 13.3. The molecule has 0 saturated carbocycles. The maximum absolute atomic E-state index is 11.2. The smallest absolute Gasteiger partial charge is 0.143 e. The number of likely N-dealkylation sites (N-methyl/N-ethyl adjacent to an activating group) is 2. The van der Waals surface area contributed by atoms with Gasteiger partial charge in [0.2, 0.25) is 0 Å². The van der Waals surface area contributed by atoms with Gasteiger partial charge in [0, 0.05) is 31.8 Å². The molecule has 0 aromatic carbocycles. The monoisotopic (exact) mass is 244 g/mol. The fraction of sp³-hybridized carbons (Fsp3) is 0.917. The van der Waals surface area contributed by atoms with E-state index in [0.717, 1.165) is 19.8 Å². The van der Waals surface area contributed by atoms with Gasteiger partial charge in [-0.2, -0.15) is 0 Å². The predicted molar refractivity (Wildman–Crippen MR) is 72.2 cm³/mol. The second-order valence-electron chi connectivity index (χ2n) is 4.72. The van der Waals surface area contributed by atoms with Gasteiger partial charge < -0.3 is 16.0 Å². The molecule has 0 aliphatic carbocycles. The fourth-order valence-corrected chi connectivity index (χ4v) is 1.64. The molecule has 0 aromatic heterocycles. The molecular formula is C12H28N4O. The molecule has 0 bridgehead atoms. The zero-order valence-electron chi connectivity index (χ0n) is 11.8. The summed E-state index contributed by atoms with van der Waals surface area (Å²) in [7, 11) is 3.88. The van der Waals surface area contributed by atoms with Crippen molar-refractivity contribution in [2.75, 3.05) is 40.4 Å². The quantitative estimate of drug-likeness (QED) is 0.458. The van der Waals surface area contributed by atoms with Crippen LogP contribution in [-0.2, 0) is 4.79 Å². The Kier molecular flexibility index (Phi) is 9.26. The lowest BCUT2D eigenvalue weighted by atomic mass is 10.3. The Morgan fingerprint density at radius 3 is 2.35 bits per heavy atom. The zero-order valence-corrected chi connectivity index (χ0v) is 11.8. The van der Waals surface area contributed by atoms with Crippen LogP contribution >= 0.6 is 0 Å². The first kappa shape index (κ1) is 16.5. The summed E-state index contributed by atoms with van der Waals surface area (Å²) < 4.78 is 0. The maximum atomic E-state index is 11.2. The Hall–Kier alpha value is -0.490. The van der Waals surface area contributed by atoms with Crippen LogP contribution in [0.1, 0.15) is 20.8 Å². The van der Waals surface area contributed by atoms with Gasteiger partial charge in [0.15, 0.2) is 0 Å². The lowest BCUT2D eigenvalue weighted by Crippen LogP contribution is -2.47. The van der Waals surface area contributed by atoms with E-state index in [1.165, 1.54) is 0 Å². The lowest BCUT2D eigenvalue weighted by molar-refractivity contribution is -0.118. The number of Topliss-reactive ketones (excluding diaryl/α,β-unsaturated/α-hetero) is 1. The number of ketones is 1. The van der Waals surface area contributed by atoms with E-state index < -0.39 is 0 Å². The minimum Gasteiger partial charge on any atom is -0.318 e. The van der Waals surface area contributed by atoms with E-state index >= 15 is 0 Å². The molecule has 5 heteroatoms. The van der Waals surface area contributed by atoms with Crippen molar-refractivity contribution in [3.8, 4) is 0 Å². The fourth-order valence-electron chi connectivity index (χ4n) is 1.64. The average Bonchev–Trinajstić information content (AvgIpc) is 2.25. The largest absolute Gasteiger partial charge is 0.318 e. The van der Waals surface area contributed by atoms with Crippen molar-refractivity contribution < 1.29 is 4.79 Å². The molecule has 2 atom stereocenters. The van der Waals surface area contributed by atoms with Crippen molar-refractivity contribution in [3.63, 3.8) is 0 Å². The molecule has 0 heterocycles. The van der Waals surface area contributed by atoms with Crippen LogP contribution in [0, 0.1) is 0 Å². The van der Waals surface area contributed by atoms with Gasteiger partial charge >= 0.3 is 0 Å². The van der Waals surface area contributed by atoms with E-state index in [2.05, 4.69) is 34.7 Å². The van der Waals surface area contributed by atoms with Crippen LogP contribution in [0.2, 0.25) is 0 Å². The molecule has 0 fully saturated rings. The number of carbonyl (C=O) groups excluding carboxylic acids is 1.